The summed E-state index contributed by atoms with van der Waals surface area (Å²) in [7, 11) is 0. The summed E-state index contributed by atoms with van der Waals surface area (Å²) < 4.78 is 41.4. The zero-order valence-corrected chi connectivity index (χ0v) is 10.3. The van der Waals surface area contributed by atoms with Gasteiger partial charge in [-0.25, -0.2) is 0 Å². The molecule has 110 valence electrons. The molecule has 8 heteroatoms. The lowest BCUT2D eigenvalue weighted by Gasteiger charge is -2.32. The molecule has 1 aliphatic heterocycles. The first-order valence-electron chi connectivity index (χ1n) is 5.96. The predicted molar refractivity (Wildman–Crippen MR) is 58.5 cm³/mol. The number of rotatable bonds is 5. The summed E-state index contributed by atoms with van der Waals surface area (Å²) in [4.78, 5) is 22.8. The Hall–Kier alpha value is -1.31. The van der Waals surface area contributed by atoms with E-state index in [1.54, 1.807) is 0 Å². The summed E-state index contributed by atoms with van der Waals surface area (Å²) in [6.45, 7) is 0.510. The van der Waals surface area contributed by atoms with E-state index in [9.17, 15) is 22.8 Å². The fourth-order valence-corrected chi connectivity index (χ4v) is 1.87. The van der Waals surface area contributed by atoms with E-state index >= 15 is 0 Å². The smallest absolute Gasteiger partial charge is 0.397 e. The van der Waals surface area contributed by atoms with Gasteiger partial charge in [-0.15, -0.1) is 0 Å². The van der Waals surface area contributed by atoms with Crippen LogP contribution in [0.15, 0.2) is 0 Å². The Balaban J connectivity index is 2.25. The van der Waals surface area contributed by atoms with Crippen molar-refractivity contribution in [2.24, 2.45) is 0 Å². The highest BCUT2D eigenvalue weighted by atomic mass is 19.4. The van der Waals surface area contributed by atoms with E-state index in [0.29, 0.717) is 12.8 Å². The summed E-state index contributed by atoms with van der Waals surface area (Å²) in [5, 5.41) is 8.43. The molecule has 1 fully saturated rings. The van der Waals surface area contributed by atoms with Gasteiger partial charge in [0, 0.05) is 13.1 Å². The summed E-state index contributed by atoms with van der Waals surface area (Å²) in [6.07, 6.45) is -5.34. The number of carbonyl (C=O) groups excluding carboxylic acids is 1. The molecule has 0 radical (unpaired) electrons. The highest BCUT2D eigenvalue weighted by molar-refractivity contribution is 5.76. The Labute approximate surface area is 108 Å². The molecule has 0 bridgehead atoms. The number of ether oxygens (including phenoxy) is 1. The Bertz CT molecular complexity index is 324. The van der Waals surface area contributed by atoms with E-state index in [1.165, 1.54) is 4.90 Å². The monoisotopic (exact) mass is 283 g/mol. The van der Waals surface area contributed by atoms with Crippen LogP contribution in [0.25, 0.3) is 0 Å². The Kier molecular flexibility index (Phi) is 5.59. The minimum atomic E-state index is -4.48. The van der Waals surface area contributed by atoms with Crippen molar-refractivity contribution < 1.29 is 32.6 Å². The molecule has 0 aromatic rings. The van der Waals surface area contributed by atoms with Gasteiger partial charge in [0.05, 0.1) is 19.1 Å². The third-order valence-electron chi connectivity index (χ3n) is 2.82. The second kappa shape index (κ2) is 6.74. The maximum Gasteiger partial charge on any atom is 0.397 e. The number of nitrogens with zero attached hydrogens (tertiary/aromatic N) is 1. The fourth-order valence-electron chi connectivity index (χ4n) is 1.87. The number of likely N-dealkylation sites (tertiary alicyclic amines) is 1. The molecule has 1 rings (SSSR count). The van der Waals surface area contributed by atoms with Crippen LogP contribution in [-0.4, -0.2) is 53.9 Å². The van der Waals surface area contributed by atoms with Crippen LogP contribution in [0.2, 0.25) is 0 Å². The maximum atomic E-state index is 12.1. The average Bonchev–Trinajstić information content (AvgIpc) is 2.27. The van der Waals surface area contributed by atoms with Crippen LogP contribution >= 0.6 is 0 Å². The van der Waals surface area contributed by atoms with E-state index in [2.05, 4.69) is 0 Å². The van der Waals surface area contributed by atoms with Crippen molar-refractivity contribution in [1.82, 2.24) is 4.90 Å². The Morgan fingerprint density at radius 1 is 1.26 bits per heavy atom. The van der Waals surface area contributed by atoms with Gasteiger partial charge in [-0.05, 0) is 12.8 Å². The number of carbonyl (C=O) groups is 2. The van der Waals surface area contributed by atoms with Gasteiger partial charge in [0.2, 0.25) is 5.91 Å². The number of carboxylic acid groups (broad SMARTS) is 1. The maximum absolute atomic E-state index is 12.1. The Morgan fingerprint density at radius 2 is 1.84 bits per heavy atom. The van der Waals surface area contributed by atoms with E-state index in [1.807, 2.05) is 0 Å². The van der Waals surface area contributed by atoms with Crippen molar-refractivity contribution >= 4 is 11.9 Å². The normalized spacial score (nSPS) is 17.5. The van der Waals surface area contributed by atoms with Gasteiger partial charge >= 0.3 is 12.1 Å². The number of aliphatic carboxylic acids is 1. The van der Waals surface area contributed by atoms with E-state index in [4.69, 9.17) is 9.84 Å². The number of carboxylic acids is 1. The molecular formula is C11H16F3NO4. The minimum Gasteiger partial charge on any atom is -0.481 e. The molecule has 1 heterocycles. The number of hydrogen-bond acceptors (Lipinski definition) is 3. The minimum absolute atomic E-state index is 0.0799. The van der Waals surface area contributed by atoms with Crippen molar-refractivity contribution in [2.75, 3.05) is 19.7 Å². The van der Waals surface area contributed by atoms with Crippen LogP contribution in [0, 0.1) is 0 Å². The molecule has 1 amide bonds. The summed E-state index contributed by atoms with van der Waals surface area (Å²) in [6, 6.07) is 0. The van der Waals surface area contributed by atoms with Gasteiger partial charge in [0.25, 0.3) is 0 Å². The van der Waals surface area contributed by atoms with Gasteiger partial charge in [-0.1, -0.05) is 0 Å². The average molecular weight is 283 g/mol. The van der Waals surface area contributed by atoms with Crippen molar-refractivity contribution in [3.8, 4) is 0 Å². The predicted octanol–water partition coefficient (Wildman–Crippen LogP) is 1.42. The lowest BCUT2D eigenvalue weighted by atomic mass is 10.1. The lowest BCUT2D eigenvalue weighted by molar-refractivity contribution is -0.163. The third kappa shape index (κ3) is 6.42. The molecule has 1 aliphatic rings. The molecular weight excluding hydrogens is 267 g/mol. The van der Waals surface area contributed by atoms with Gasteiger partial charge in [0.1, 0.15) is 6.42 Å². The zero-order valence-electron chi connectivity index (χ0n) is 10.3. The number of piperidine rings is 1. The summed E-state index contributed by atoms with van der Waals surface area (Å²) in [5.41, 5.74) is 0. The van der Waals surface area contributed by atoms with E-state index in [0.717, 1.165) is 0 Å². The van der Waals surface area contributed by atoms with Crippen LogP contribution in [0.1, 0.15) is 25.7 Å². The van der Waals surface area contributed by atoms with Gasteiger partial charge in [-0.2, -0.15) is 13.2 Å². The van der Waals surface area contributed by atoms with Crippen molar-refractivity contribution in [1.29, 1.82) is 0 Å². The number of halogens is 3. The van der Waals surface area contributed by atoms with Gasteiger partial charge in [0.15, 0.2) is 0 Å². The molecule has 5 nitrogen and oxygen atoms in total. The highest BCUT2D eigenvalue weighted by Gasteiger charge is 2.34. The fraction of sp³-hybridized carbons (Fsp3) is 0.818. The Morgan fingerprint density at radius 3 is 2.32 bits per heavy atom. The number of hydrogen-bond donors (Lipinski definition) is 1. The molecule has 0 atom stereocenters. The molecule has 0 aliphatic carbocycles. The summed E-state index contributed by atoms with van der Waals surface area (Å²) in [5.74, 6) is -1.88. The molecule has 1 saturated heterocycles. The summed E-state index contributed by atoms with van der Waals surface area (Å²) >= 11 is 0. The third-order valence-corrected chi connectivity index (χ3v) is 2.82. The van der Waals surface area contributed by atoms with Crippen LogP contribution in [-0.2, 0) is 14.3 Å². The first-order chi connectivity index (χ1) is 8.78. The van der Waals surface area contributed by atoms with Crippen molar-refractivity contribution in [2.45, 2.75) is 38.0 Å². The molecule has 0 saturated carbocycles. The largest absolute Gasteiger partial charge is 0.481 e. The molecule has 0 aromatic carbocycles. The quantitative estimate of drug-likeness (QED) is 0.828. The second-order valence-electron chi connectivity index (χ2n) is 4.39. The second-order valence-corrected chi connectivity index (χ2v) is 4.39. The van der Waals surface area contributed by atoms with Gasteiger partial charge in [-0.3, -0.25) is 9.59 Å². The number of alkyl halides is 3. The van der Waals surface area contributed by atoms with Crippen molar-refractivity contribution in [3.63, 3.8) is 0 Å². The van der Waals surface area contributed by atoms with E-state index in [-0.39, 0.29) is 32.2 Å². The number of amides is 1. The molecule has 0 unspecified atom stereocenters. The van der Waals surface area contributed by atoms with E-state index < -0.39 is 24.5 Å². The SMILES string of the molecule is O=C(O)CCOC1CCN(C(=O)CC(F)(F)F)CC1. The first kappa shape index (κ1) is 15.7. The van der Waals surface area contributed by atoms with Crippen LogP contribution in [0.5, 0.6) is 0 Å². The molecule has 0 aromatic heterocycles. The zero-order chi connectivity index (χ0) is 14.5. The van der Waals surface area contributed by atoms with Crippen LogP contribution < -0.4 is 0 Å². The van der Waals surface area contributed by atoms with Gasteiger partial charge < -0.3 is 14.7 Å². The van der Waals surface area contributed by atoms with Crippen LogP contribution in [0.4, 0.5) is 13.2 Å². The molecule has 0 spiro atoms. The van der Waals surface area contributed by atoms with Crippen molar-refractivity contribution in [3.05, 3.63) is 0 Å². The first-order valence-corrected chi connectivity index (χ1v) is 5.96. The topological polar surface area (TPSA) is 66.8 Å². The van der Waals surface area contributed by atoms with Crippen LogP contribution in [0.3, 0.4) is 0 Å². The molecule has 19 heavy (non-hydrogen) atoms. The lowest BCUT2D eigenvalue weighted by Crippen LogP contribution is -2.42. The standard InChI is InChI=1S/C11H16F3NO4/c12-11(13,14)7-9(16)15-4-1-8(2-5-15)19-6-3-10(17)18/h8H,1-7H2,(H,17,18). The highest BCUT2D eigenvalue weighted by Crippen LogP contribution is 2.22. The molecule has 1 N–H and O–H groups in total.